The first-order valence-electron chi connectivity index (χ1n) is 8.55. The van der Waals surface area contributed by atoms with E-state index in [1.165, 1.54) is 23.5 Å². The van der Waals surface area contributed by atoms with Crippen LogP contribution in [-0.4, -0.2) is 36.5 Å². The lowest BCUT2D eigenvalue weighted by Crippen LogP contribution is -2.16. The number of carbonyl (C=O) groups is 1. The Balaban J connectivity index is 1.65. The number of thioether (sulfide) groups is 1. The summed E-state index contributed by atoms with van der Waals surface area (Å²) in [6.45, 7) is 4.14. The molecule has 8 heteroatoms. The maximum atomic E-state index is 12.2. The van der Waals surface area contributed by atoms with E-state index in [0.717, 1.165) is 5.69 Å². The van der Waals surface area contributed by atoms with Crippen molar-refractivity contribution in [2.75, 3.05) is 11.1 Å². The second-order valence-corrected chi connectivity index (χ2v) is 7.20. The Labute approximate surface area is 161 Å². The summed E-state index contributed by atoms with van der Waals surface area (Å²) in [4.78, 5) is 16.2. The molecule has 0 fully saturated rings. The van der Waals surface area contributed by atoms with Gasteiger partial charge in [-0.15, -0.1) is 10.2 Å². The standard InChI is InChI=1S/C19H21N5O2S/c1-13(2)14-3-5-16(6-4-14)24-12-21-23-19(24)27-11-18(26)22-17-9-20-8-7-15(17)10-25/h3-9,12-13,25H,10-11H2,1-2H3,(H,22,26). The Morgan fingerprint density at radius 3 is 2.74 bits per heavy atom. The van der Waals surface area contributed by atoms with E-state index in [1.54, 1.807) is 18.6 Å². The zero-order valence-electron chi connectivity index (χ0n) is 15.2. The predicted molar refractivity (Wildman–Crippen MR) is 105 cm³/mol. The van der Waals surface area contributed by atoms with E-state index < -0.39 is 0 Å². The van der Waals surface area contributed by atoms with Gasteiger partial charge in [-0.2, -0.15) is 0 Å². The number of carbonyl (C=O) groups excluding carboxylic acids is 1. The summed E-state index contributed by atoms with van der Waals surface area (Å²) in [5, 5.41) is 20.8. The Morgan fingerprint density at radius 2 is 2.04 bits per heavy atom. The molecule has 2 N–H and O–H groups in total. The van der Waals surface area contributed by atoms with Crippen LogP contribution < -0.4 is 5.32 Å². The highest BCUT2D eigenvalue weighted by atomic mass is 32.2. The molecule has 0 aliphatic rings. The van der Waals surface area contributed by atoms with Gasteiger partial charge in [0.1, 0.15) is 6.33 Å². The van der Waals surface area contributed by atoms with Crippen LogP contribution in [0, 0.1) is 0 Å². The Kier molecular flexibility index (Phi) is 6.20. The zero-order chi connectivity index (χ0) is 19.2. The number of rotatable bonds is 7. The smallest absolute Gasteiger partial charge is 0.234 e. The first-order valence-corrected chi connectivity index (χ1v) is 9.53. The van der Waals surface area contributed by atoms with E-state index in [4.69, 9.17) is 0 Å². The molecule has 27 heavy (non-hydrogen) atoms. The minimum atomic E-state index is -0.201. The molecule has 2 heterocycles. The summed E-state index contributed by atoms with van der Waals surface area (Å²) >= 11 is 1.29. The van der Waals surface area contributed by atoms with Gasteiger partial charge in [-0.05, 0) is 29.7 Å². The van der Waals surface area contributed by atoms with Gasteiger partial charge in [0, 0.05) is 17.4 Å². The van der Waals surface area contributed by atoms with Crippen molar-refractivity contribution in [1.29, 1.82) is 0 Å². The number of hydrogen-bond donors (Lipinski definition) is 2. The first kappa shape index (κ1) is 19.1. The number of benzene rings is 1. The molecule has 0 bridgehead atoms. The number of pyridine rings is 1. The maximum Gasteiger partial charge on any atom is 0.234 e. The molecule has 0 aliphatic carbocycles. The molecular formula is C19H21N5O2S. The third-order valence-electron chi connectivity index (χ3n) is 4.04. The number of aliphatic hydroxyl groups excluding tert-OH is 1. The number of aromatic nitrogens is 4. The Hall–Kier alpha value is -2.71. The number of nitrogens with one attached hydrogen (secondary N) is 1. The molecule has 7 nitrogen and oxygen atoms in total. The van der Waals surface area contributed by atoms with E-state index in [0.29, 0.717) is 22.3 Å². The summed E-state index contributed by atoms with van der Waals surface area (Å²) in [5.41, 5.74) is 3.34. The van der Waals surface area contributed by atoms with Crippen LogP contribution in [0.2, 0.25) is 0 Å². The molecule has 2 aromatic heterocycles. The molecule has 0 saturated heterocycles. The van der Waals surface area contributed by atoms with Crippen molar-refractivity contribution in [3.05, 3.63) is 60.2 Å². The lowest BCUT2D eigenvalue weighted by molar-refractivity contribution is -0.113. The summed E-state index contributed by atoms with van der Waals surface area (Å²) in [5.74, 6) is 0.434. The minimum Gasteiger partial charge on any atom is -0.392 e. The summed E-state index contributed by atoms with van der Waals surface area (Å²) in [6.07, 6.45) is 4.73. The number of anilines is 1. The summed E-state index contributed by atoms with van der Waals surface area (Å²) in [6, 6.07) is 9.87. The molecule has 0 aliphatic heterocycles. The fourth-order valence-electron chi connectivity index (χ4n) is 2.51. The third kappa shape index (κ3) is 4.72. The van der Waals surface area contributed by atoms with Crippen LogP contribution >= 0.6 is 11.8 Å². The van der Waals surface area contributed by atoms with Crippen LogP contribution in [-0.2, 0) is 11.4 Å². The van der Waals surface area contributed by atoms with Crippen molar-refractivity contribution in [2.24, 2.45) is 0 Å². The van der Waals surface area contributed by atoms with Gasteiger partial charge >= 0.3 is 0 Å². The van der Waals surface area contributed by atoms with Gasteiger partial charge in [0.05, 0.1) is 24.2 Å². The van der Waals surface area contributed by atoms with Crippen molar-refractivity contribution in [1.82, 2.24) is 19.7 Å². The first-order chi connectivity index (χ1) is 13.1. The van der Waals surface area contributed by atoms with Gasteiger partial charge in [-0.3, -0.25) is 14.3 Å². The monoisotopic (exact) mass is 383 g/mol. The minimum absolute atomic E-state index is 0.161. The molecule has 3 rings (SSSR count). The topological polar surface area (TPSA) is 92.9 Å². The molecule has 3 aromatic rings. The lowest BCUT2D eigenvalue weighted by Gasteiger charge is -2.10. The number of amides is 1. The molecule has 0 atom stereocenters. The van der Waals surface area contributed by atoms with Crippen molar-refractivity contribution < 1.29 is 9.90 Å². The molecular weight excluding hydrogens is 362 g/mol. The fourth-order valence-corrected chi connectivity index (χ4v) is 3.24. The highest BCUT2D eigenvalue weighted by molar-refractivity contribution is 7.99. The van der Waals surface area contributed by atoms with Gasteiger partial charge in [0.2, 0.25) is 5.91 Å². The number of nitrogens with zero attached hydrogens (tertiary/aromatic N) is 4. The van der Waals surface area contributed by atoms with Crippen LogP contribution in [0.1, 0.15) is 30.9 Å². The second-order valence-electron chi connectivity index (χ2n) is 6.26. The van der Waals surface area contributed by atoms with Crippen LogP contribution in [0.5, 0.6) is 0 Å². The Bertz CT molecular complexity index is 908. The predicted octanol–water partition coefficient (Wildman–Crippen LogP) is 3.01. The summed E-state index contributed by atoms with van der Waals surface area (Å²) < 4.78 is 1.85. The largest absolute Gasteiger partial charge is 0.392 e. The fraction of sp³-hybridized carbons (Fsp3) is 0.263. The molecule has 1 aromatic carbocycles. The molecule has 0 radical (unpaired) electrons. The van der Waals surface area contributed by atoms with Gasteiger partial charge < -0.3 is 10.4 Å². The lowest BCUT2D eigenvalue weighted by atomic mass is 10.0. The van der Waals surface area contributed by atoms with Crippen molar-refractivity contribution in [2.45, 2.75) is 31.5 Å². The van der Waals surface area contributed by atoms with E-state index in [2.05, 4.69) is 46.5 Å². The highest BCUT2D eigenvalue weighted by Gasteiger charge is 2.12. The van der Waals surface area contributed by atoms with Gasteiger partial charge in [0.25, 0.3) is 0 Å². The zero-order valence-corrected chi connectivity index (χ0v) is 16.0. The quantitative estimate of drug-likeness (QED) is 0.609. The van der Waals surface area contributed by atoms with Crippen LogP contribution in [0.3, 0.4) is 0 Å². The third-order valence-corrected chi connectivity index (χ3v) is 4.99. The molecule has 0 spiro atoms. The van der Waals surface area contributed by atoms with Gasteiger partial charge in [0.15, 0.2) is 5.16 Å². The van der Waals surface area contributed by atoms with Crippen molar-refractivity contribution in [3.8, 4) is 5.69 Å². The SMILES string of the molecule is CC(C)c1ccc(-n2cnnc2SCC(=O)Nc2cnccc2CO)cc1. The Morgan fingerprint density at radius 1 is 1.26 bits per heavy atom. The number of hydrogen-bond acceptors (Lipinski definition) is 6. The van der Waals surface area contributed by atoms with Crippen molar-refractivity contribution in [3.63, 3.8) is 0 Å². The average molecular weight is 383 g/mol. The van der Waals surface area contributed by atoms with E-state index in [1.807, 2.05) is 16.7 Å². The van der Waals surface area contributed by atoms with Crippen LogP contribution in [0.15, 0.2) is 54.2 Å². The number of aliphatic hydroxyl groups is 1. The molecule has 1 amide bonds. The van der Waals surface area contributed by atoms with E-state index >= 15 is 0 Å². The van der Waals surface area contributed by atoms with Crippen molar-refractivity contribution >= 4 is 23.4 Å². The maximum absolute atomic E-state index is 12.2. The normalized spacial score (nSPS) is 11.0. The highest BCUT2D eigenvalue weighted by Crippen LogP contribution is 2.22. The molecule has 140 valence electrons. The van der Waals surface area contributed by atoms with Crippen LogP contribution in [0.25, 0.3) is 5.69 Å². The van der Waals surface area contributed by atoms with E-state index in [-0.39, 0.29) is 18.3 Å². The average Bonchev–Trinajstić information content (AvgIpc) is 3.15. The van der Waals surface area contributed by atoms with Crippen LogP contribution in [0.4, 0.5) is 5.69 Å². The van der Waals surface area contributed by atoms with Gasteiger partial charge in [-0.1, -0.05) is 37.7 Å². The molecule has 0 unspecified atom stereocenters. The van der Waals surface area contributed by atoms with E-state index in [9.17, 15) is 9.90 Å². The molecule has 0 saturated carbocycles. The summed E-state index contributed by atoms with van der Waals surface area (Å²) in [7, 11) is 0. The van der Waals surface area contributed by atoms with Gasteiger partial charge in [-0.25, -0.2) is 0 Å². The second kappa shape index (κ2) is 8.79.